The van der Waals surface area contributed by atoms with Crippen molar-refractivity contribution in [2.75, 3.05) is 25.0 Å². The number of likely N-dealkylation sites (tertiary alicyclic amines) is 1. The monoisotopic (exact) mass is 368 g/mol. The van der Waals surface area contributed by atoms with Gasteiger partial charge in [0.05, 0.1) is 17.5 Å². The van der Waals surface area contributed by atoms with Gasteiger partial charge >= 0.3 is 0 Å². The van der Waals surface area contributed by atoms with E-state index in [4.69, 9.17) is 17.3 Å². The molecule has 1 saturated heterocycles. The van der Waals surface area contributed by atoms with E-state index < -0.39 is 0 Å². The summed E-state index contributed by atoms with van der Waals surface area (Å²) in [7, 11) is 0. The predicted octanol–water partition coefficient (Wildman–Crippen LogP) is 1.71. The first-order valence-electron chi connectivity index (χ1n) is 6.50. The van der Waals surface area contributed by atoms with Crippen molar-refractivity contribution >= 4 is 54.0 Å². The number of anilines is 1. The number of nitrogens with one attached hydrogen (secondary N) is 1. The van der Waals surface area contributed by atoms with Crippen LogP contribution < -0.4 is 11.1 Å². The second kappa shape index (κ2) is 9.84. The molecule has 1 atom stereocenters. The maximum absolute atomic E-state index is 12.2. The molecule has 2 amide bonds. The molecule has 1 aliphatic rings. The molecule has 22 heavy (non-hydrogen) atoms. The zero-order chi connectivity index (χ0) is 14.5. The number of pyridine rings is 1. The van der Waals surface area contributed by atoms with Gasteiger partial charge in [-0.05, 0) is 25.0 Å². The lowest BCUT2D eigenvalue weighted by atomic mass is 9.97. The van der Waals surface area contributed by atoms with Crippen molar-refractivity contribution in [2.24, 2.45) is 11.7 Å². The zero-order valence-corrected chi connectivity index (χ0v) is 14.2. The Morgan fingerprint density at radius 3 is 2.73 bits per heavy atom. The van der Waals surface area contributed by atoms with Crippen molar-refractivity contribution in [1.29, 1.82) is 0 Å². The van der Waals surface area contributed by atoms with E-state index in [-0.39, 0.29) is 49.1 Å². The highest BCUT2D eigenvalue weighted by molar-refractivity contribution is 6.30. The molecule has 1 fully saturated rings. The van der Waals surface area contributed by atoms with Gasteiger partial charge in [-0.15, -0.1) is 24.8 Å². The van der Waals surface area contributed by atoms with E-state index >= 15 is 0 Å². The molecule has 124 valence electrons. The Hall–Kier alpha value is -1.08. The Balaban J connectivity index is 0.00000220. The Kier molecular flexibility index (Phi) is 9.36. The molecule has 2 heterocycles. The van der Waals surface area contributed by atoms with Crippen LogP contribution in [0.2, 0.25) is 5.02 Å². The summed E-state index contributed by atoms with van der Waals surface area (Å²) in [6.07, 6.45) is 3.04. The maximum Gasteiger partial charge on any atom is 0.236 e. The summed E-state index contributed by atoms with van der Waals surface area (Å²) in [6.45, 7) is 1.06. The van der Waals surface area contributed by atoms with Crippen LogP contribution in [-0.2, 0) is 9.59 Å². The van der Waals surface area contributed by atoms with Crippen LogP contribution in [0, 0.1) is 5.92 Å². The Morgan fingerprint density at radius 1 is 1.41 bits per heavy atom. The van der Waals surface area contributed by atoms with Crippen molar-refractivity contribution < 1.29 is 9.59 Å². The number of nitrogens with zero attached hydrogens (tertiary/aromatic N) is 2. The number of piperidine rings is 1. The van der Waals surface area contributed by atoms with Crippen molar-refractivity contribution in [2.45, 2.75) is 12.8 Å². The van der Waals surface area contributed by atoms with Crippen LogP contribution in [0.25, 0.3) is 0 Å². The highest BCUT2D eigenvalue weighted by Crippen LogP contribution is 2.18. The molecule has 3 N–H and O–H groups in total. The van der Waals surface area contributed by atoms with Crippen LogP contribution in [0.3, 0.4) is 0 Å². The third kappa shape index (κ3) is 5.61. The van der Waals surface area contributed by atoms with Gasteiger partial charge in [-0.25, -0.2) is 4.98 Å². The maximum atomic E-state index is 12.2. The normalized spacial score (nSPS) is 17.0. The van der Waals surface area contributed by atoms with Gasteiger partial charge in [0.2, 0.25) is 11.8 Å². The summed E-state index contributed by atoms with van der Waals surface area (Å²) < 4.78 is 0. The van der Waals surface area contributed by atoms with Crippen LogP contribution >= 0.6 is 36.4 Å². The third-order valence-electron chi connectivity index (χ3n) is 3.30. The fraction of sp³-hybridized carbons (Fsp3) is 0.462. The van der Waals surface area contributed by atoms with Gasteiger partial charge < -0.3 is 16.0 Å². The number of rotatable bonds is 3. The van der Waals surface area contributed by atoms with E-state index in [0.29, 0.717) is 23.9 Å². The molecule has 0 aromatic carbocycles. The van der Waals surface area contributed by atoms with Crippen molar-refractivity contribution in [3.8, 4) is 0 Å². The lowest BCUT2D eigenvalue weighted by Gasteiger charge is -2.31. The van der Waals surface area contributed by atoms with Crippen molar-refractivity contribution in [3.05, 3.63) is 23.4 Å². The van der Waals surface area contributed by atoms with Gasteiger partial charge in [0.1, 0.15) is 5.82 Å². The molecule has 1 unspecified atom stereocenters. The second-order valence-corrected chi connectivity index (χ2v) is 5.17. The smallest absolute Gasteiger partial charge is 0.236 e. The topological polar surface area (TPSA) is 88.3 Å². The molecule has 6 nitrogen and oxygen atoms in total. The second-order valence-electron chi connectivity index (χ2n) is 4.73. The highest BCUT2D eigenvalue weighted by Gasteiger charge is 2.27. The standard InChI is InChI=1S/C13H17ClN4O2.2ClH/c14-10-3-4-11(16-7-10)17-13(20)9-2-1-5-18(8-9)12(19)6-15;;/h3-4,7,9H,1-2,5-6,8,15H2,(H,16,17,20);2*1H. The minimum Gasteiger partial charge on any atom is -0.341 e. The molecular weight excluding hydrogens is 351 g/mol. The van der Waals surface area contributed by atoms with E-state index in [0.717, 1.165) is 12.8 Å². The SMILES string of the molecule is Cl.Cl.NCC(=O)N1CCCC(C(=O)Nc2ccc(Cl)cn2)C1. The zero-order valence-electron chi connectivity index (χ0n) is 11.8. The molecule has 0 spiro atoms. The molecule has 2 rings (SSSR count). The first-order chi connectivity index (χ1) is 9.60. The summed E-state index contributed by atoms with van der Waals surface area (Å²) in [4.78, 5) is 29.4. The number of halogens is 3. The van der Waals surface area contributed by atoms with E-state index in [2.05, 4.69) is 10.3 Å². The van der Waals surface area contributed by atoms with E-state index in [1.54, 1.807) is 17.0 Å². The molecule has 1 aromatic rings. The molecular formula is C13H19Cl3N4O2. The summed E-state index contributed by atoms with van der Waals surface area (Å²) in [5.74, 6) is -0.0140. The fourth-order valence-electron chi connectivity index (χ4n) is 2.22. The summed E-state index contributed by atoms with van der Waals surface area (Å²) in [5, 5.41) is 3.25. The lowest BCUT2D eigenvalue weighted by molar-refractivity contribution is -0.133. The van der Waals surface area contributed by atoms with Gasteiger partial charge in [-0.2, -0.15) is 0 Å². The number of hydrogen-bond donors (Lipinski definition) is 2. The first-order valence-corrected chi connectivity index (χ1v) is 6.88. The van der Waals surface area contributed by atoms with E-state index in [9.17, 15) is 9.59 Å². The van der Waals surface area contributed by atoms with Crippen molar-refractivity contribution in [1.82, 2.24) is 9.88 Å². The van der Waals surface area contributed by atoms with E-state index in [1.165, 1.54) is 6.20 Å². The number of hydrogen-bond acceptors (Lipinski definition) is 4. The average molecular weight is 370 g/mol. The molecule has 0 aliphatic carbocycles. The number of carbonyl (C=O) groups excluding carboxylic acids is 2. The first kappa shape index (κ1) is 20.9. The van der Waals surface area contributed by atoms with Crippen LogP contribution in [0.15, 0.2) is 18.3 Å². The average Bonchev–Trinajstić information content (AvgIpc) is 2.49. The van der Waals surface area contributed by atoms with Gasteiger partial charge in [0.15, 0.2) is 0 Å². The number of amides is 2. The molecule has 0 bridgehead atoms. The Labute approximate surface area is 146 Å². The van der Waals surface area contributed by atoms with Crippen LogP contribution in [0.1, 0.15) is 12.8 Å². The van der Waals surface area contributed by atoms with Crippen LogP contribution in [0.4, 0.5) is 5.82 Å². The Bertz CT molecular complexity index is 499. The number of aromatic nitrogens is 1. The van der Waals surface area contributed by atoms with Crippen LogP contribution in [-0.4, -0.2) is 41.3 Å². The lowest BCUT2D eigenvalue weighted by Crippen LogP contribution is -2.45. The molecule has 9 heteroatoms. The molecule has 0 radical (unpaired) electrons. The van der Waals surface area contributed by atoms with Crippen molar-refractivity contribution in [3.63, 3.8) is 0 Å². The predicted molar refractivity (Wildman–Crippen MR) is 90.7 cm³/mol. The van der Waals surface area contributed by atoms with Crippen LogP contribution in [0.5, 0.6) is 0 Å². The van der Waals surface area contributed by atoms with E-state index in [1.807, 2.05) is 0 Å². The summed E-state index contributed by atoms with van der Waals surface area (Å²) in [5.41, 5.74) is 5.35. The largest absolute Gasteiger partial charge is 0.341 e. The number of carbonyl (C=O) groups is 2. The van der Waals surface area contributed by atoms with Gasteiger partial charge in [0, 0.05) is 19.3 Å². The molecule has 1 aliphatic heterocycles. The third-order valence-corrected chi connectivity index (χ3v) is 3.52. The quantitative estimate of drug-likeness (QED) is 0.849. The van der Waals surface area contributed by atoms with Gasteiger partial charge in [0.25, 0.3) is 0 Å². The highest BCUT2D eigenvalue weighted by atomic mass is 35.5. The Morgan fingerprint density at radius 2 is 2.14 bits per heavy atom. The molecule has 0 saturated carbocycles. The fourth-order valence-corrected chi connectivity index (χ4v) is 2.34. The van der Waals surface area contributed by atoms with Gasteiger partial charge in [-0.3, -0.25) is 9.59 Å². The molecule has 1 aromatic heterocycles. The summed E-state index contributed by atoms with van der Waals surface area (Å²) >= 11 is 5.74. The number of nitrogens with two attached hydrogens (primary N) is 1. The summed E-state index contributed by atoms with van der Waals surface area (Å²) in [6, 6.07) is 3.31. The minimum atomic E-state index is -0.225. The minimum absolute atomic E-state index is 0. The van der Waals surface area contributed by atoms with Gasteiger partial charge in [-0.1, -0.05) is 11.6 Å².